The molecule has 0 aromatic heterocycles. The van der Waals surface area contributed by atoms with Gasteiger partial charge in [-0.25, -0.2) is 0 Å². The maximum Gasteiger partial charge on any atom is 0.225 e. The molecule has 7 atom stereocenters. The summed E-state index contributed by atoms with van der Waals surface area (Å²) in [5.74, 6) is 1.16. The van der Waals surface area contributed by atoms with E-state index in [4.69, 9.17) is 13.9 Å². The van der Waals surface area contributed by atoms with E-state index in [2.05, 4.69) is 91.9 Å². The summed E-state index contributed by atoms with van der Waals surface area (Å²) in [5.41, 5.74) is 0. The molecule has 0 aromatic carbocycles. The van der Waals surface area contributed by atoms with Crippen molar-refractivity contribution in [2.45, 2.75) is 123 Å². The maximum absolute atomic E-state index is 7.07. The molecule has 2 aliphatic rings. The Balaban J connectivity index is 2.45. The van der Waals surface area contributed by atoms with Crippen LogP contribution in [0.15, 0.2) is 11.6 Å². The van der Waals surface area contributed by atoms with Crippen molar-refractivity contribution in [3.05, 3.63) is 11.6 Å². The largest absolute Gasteiger partial charge is 0.397 e. The van der Waals surface area contributed by atoms with Crippen LogP contribution in [0.5, 0.6) is 0 Å². The van der Waals surface area contributed by atoms with E-state index < -0.39 is 13.4 Å². The van der Waals surface area contributed by atoms with Gasteiger partial charge in [-0.2, -0.15) is 0 Å². The van der Waals surface area contributed by atoms with Gasteiger partial charge in [-0.3, -0.25) is 0 Å². The first-order chi connectivity index (χ1) is 13.8. The Bertz CT molecular complexity index is 593. The van der Waals surface area contributed by atoms with Crippen LogP contribution in [0.3, 0.4) is 0 Å². The van der Waals surface area contributed by atoms with E-state index >= 15 is 0 Å². The Hall–Kier alpha value is -0.0131. The Morgan fingerprint density at radius 2 is 1.67 bits per heavy atom. The number of hydrogen-bond donors (Lipinski definition) is 0. The highest BCUT2D eigenvalue weighted by atomic mass is 32.2. The zero-order valence-electron chi connectivity index (χ0n) is 21.3. The van der Waals surface area contributed by atoms with Crippen LogP contribution < -0.4 is 0 Å². The summed E-state index contributed by atoms with van der Waals surface area (Å²) in [6.45, 7) is 25.2. The fourth-order valence-electron chi connectivity index (χ4n) is 3.69. The molecule has 0 N–H and O–H groups in total. The molecule has 6 heteroatoms. The average Bonchev–Trinajstić information content (AvgIpc) is 3.28. The first-order valence-electron chi connectivity index (χ1n) is 12.0. The molecule has 0 radical (unpaired) electrons. The lowest BCUT2D eigenvalue weighted by molar-refractivity contribution is -0.154. The van der Waals surface area contributed by atoms with Gasteiger partial charge in [0.25, 0.3) is 0 Å². The summed E-state index contributed by atoms with van der Waals surface area (Å²) in [6.07, 6.45) is 5.19. The second-order valence-electron chi connectivity index (χ2n) is 10.9. The van der Waals surface area contributed by atoms with Crippen molar-refractivity contribution in [3.8, 4) is 0 Å². The van der Waals surface area contributed by atoms with Crippen molar-refractivity contribution >= 4 is 20.1 Å². The van der Waals surface area contributed by atoms with Crippen molar-refractivity contribution in [2.75, 3.05) is 0 Å². The molecule has 2 heterocycles. The standard InChI is InChI=1S/C24H47NO3SSi/c1-12-17(4)20-24(27-22(26-20)19(6)14-3)25(15-16-29-24)21(18(5)13-2)28-30(10,11)23(7,8)9/h15-22H,12-14H2,1-11H3. The van der Waals surface area contributed by atoms with Crippen LogP contribution in [0.2, 0.25) is 18.1 Å². The minimum Gasteiger partial charge on any atom is -0.397 e. The van der Waals surface area contributed by atoms with Gasteiger partial charge in [0.15, 0.2) is 14.6 Å². The van der Waals surface area contributed by atoms with Gasteiger partial charge in [-0.05, 0) is 48.2 Å². The van der Waals surface area contributed by atoms with Crippen LogP contribution in [0, 0.1) is 17.8 Å². The molecule has 0 bridgehead atoms. The van der Waals surface area contributed by atoms with Gasteiger partial charge < -0.3 is 18.8 Å². The smallest absolute Gasteiger partial charge is 0.225 e. The Kier molecular flexibility index (Phi) is 8.62. The summed E-state index contributed by atoms with van der Waals surface area (Å²) in [5, 5.41) is 1.80. The summed E-state index contributed by atoms with van der Waals surface area (Å²) in [7, 11) is -1.97. The van der Waals surface area contributed by atoms with E-state index in [1.54, 1.807) is 11.8 Å². The van der Waals surface area contributed by atoms with Crippen LogP contribution in [0.4, 0.5) is 0 Å². The molecular weight excluding hydrogens is 410 g/mol. The molecule has 0 aliphatic carbocycles. The SMILES string of the molecule is CCC(C)C1OC(C(C)CC)C2(O1)SC=CN2C(O[Si](C)(C)C(C)(C)C)C(C)CC. The normalized spacial score (nSPS) is 31.4. The number of ether oxygens (including phenoxy) is 2. The molecular formula is C24H47NO3SSi. The van der Waals surface area contributed by atoms with E-state index in [1.807, 2.05) is 0 Å². The topological polar surface area (TPSA) is 30.9 Å². The van der Waals surface area contributed by atoms with E-state index in [-0.39, 0.29) is 23.7 Å². The molecule has 2 rings (SSSR count). The third-order valence-electron chi connectivity index (χ3n) is 7.64. The zero-order valence-corrected chi connectivity index (χ0v) is 23.1. The van der Waals surface area contributed by atoms with Gasteiger partial charge >= 0.3 is 0 Å². The highest BCUT2D eigenvalue weighted by Crippen LogP contribution is 2.53. The molecule has 2 aliphatic heterocycles. The Labute approximate surface area is 191 Å². The van der Waals surface area contributed by atoms with Gasteiger partial charge in [-0.1, -0.05) is 80.5 Å². The van der Waals surface area contributed by atoms with Crippen LogP contribution >= 0.6 is 11.8 Å². The highest BCUT2D eigenvalue weighted by Gasteiger charge is 2.60. The van der Waals surface area contributed by atoms with Crippen molar-refractivity contribution in [3.63, 3.8) is 0 Å². The van der Waals surface area contributed by atoms with E-state index in [0.29, 0.717) is 17.8 Å². The van der Waals surface area contributed by atoms with Gasteiger partial charge in [0.05, 0.1) is 0 Å². The van der Waals surface area contributed by atoms with E-state index in [1.165, 1.54) is 0 Å². The summed E-state index contributed by atoms with van der Waals surface area (Å²) >= 11 is 1.77. The van der Waals surface area contributed by atoms with Crippen molar-refractivity contribution in [1.82, 2.24) is 4.90 Å². The molecule has 176 valence electrons. The van der Waals surface area contributed by atoms with E-state index in [0.717, 1.165) is 19.3 Å². The number of hydrogen-bond acceptors (Lipinski definition) is 5. The molecule has 4 nitrogen and oxygen atoms in total. The second-order valence-corrected chi connectivity index (χ2v) is 16.8. The maximum atomic E-state index is 7.07. The number of thioether (sulfide) groups is 1. The van der Waals surface area contributed by atoms with Crippen LogP contribution in [-0.4, -0.2) is 36.9 Å². The van der Waals surface area contributed by atoms with Crippen LogP contribution in [0.1, 0.15) is 81.6 Å². The predicted molar refractivity (Wildman–Crippen MR) is 131 cm³/mol. The summed E-state index contributed by atoms with van der Waals surface area (Å²) in [4.78, 5) is 2.38. The lowest BCUT2D eigenvalue weighted by atomic mass is 9.98. The minimum atomic E-state index is -1.97. The molecule has 1 saturated heterocycles. The third kappa shape index (κ3) is 4.98. The van der Waals surface area contributed by atoms with Gasteiger partial charge in [0, 0.05) is 12.1 Å². The van der Waals surface area contributed by atoms with Gasteiger partial charge in [0.1, 0.15) is 12.3 Å². The first kappa shape index (κ1) is 26.2. The van der Waals surface area contributed by atoms with Gasteiger partial charge in [-0.15, -0.1) is 0 Å². The molecule has 0 amide bonds. The number of rotatable bonds is 9. The van der Waals surface area contributed by atoms with Gasteiger partial charge in [0.2, 0.25) is 5.06 Å². The minimum absolute atomic E-state index is 0.0103. The zero-order chi connectivity index (χ0) is 22.9. The third-order valence-corrected chi connectivity index (χ3v) is 13.2. The fourth-order valence-corrected chi connectivity index (χ4v) is 6.24. The summed E-state index contributed by atoms with van der Waals surface area (Å²) in [6, 6.07) is 0. The second kappa shape index (κ2) is 9.86. The fraction of sp³-hybridized carbons (Fsp3) is 0.917. The highest BCUT2D eigenvalue weighted by molar-refractivity contribution is 8.03. The molecule has 30 heavy (non-hydrogen) atoms. The Morgan fingerprint density at radius 3 is 2.17 bits per heavy atom. The molecule has 0 aromatic rings. The molecule has 7 unspecified atom stereocenters. The first-order valence-corrected chi connectivity index (χ1v) is 15.8. The average molecular weight is 458 g/mol. The monoisotopic (exact) mass is 457 g/mol. The van der Waals surface area contributed by atoms with Crippen LogP contribution in [0.25, 0.3) is 0 Å². The molecule has 0 saturated carbocycles. The molecule has 1 fully saturated rings. The van der Waals surface area contributed by atoms with Crippen molar-refractivity contribution in [1.29, 1.82) is 0 Å². The molecule has 1 spiro atoms. The lowest BCUT2D eigenvalue weighted by Gasteiger charge is -2.49. The van der Waals surface area contributed by atoms with Crippen molar-refractivity contribution < 1.29 is 13.9 Å². The van der Waals surface area contributed by atoms with Crippen molar-refractivity contribution in [2.24, 2.45) is 17.8 Å². The quantitative estimate of drug-likeness (QED) is 0.337. The van der Waals surface area contributed by atoms with Crippen LogP contribution in [-0.2, 0) is 13.9 Å². The van der Waals surface area contributed by atoms with E-state index in [9.17, 15) is 0 Å². The Morgan fingerprint density at radius 1 is 1.07 bits per heavy atom. The summed E-state index contributed by atoms with van der Waals surface area (Å²) < 4.78 is 20.5. The predicted octanol–water partition coefficient (Wildman–Crippen LogP) is 7.39. The lowest BCUT2D eigenvalue weighted by Crippen LogP contribution is -2.59. The number of nitrogens with zero attached hydrogens (tertiary/aromatic N) is 1.